The number of ether oxygens (including phenoxy) is 1. The molecule has 0 aliphatic carbocycles. The molecule has 1 atom stereocenters. The van der Waals surface area contributed by atoms with E-state index in [0.717, 1.165) is 51.6 Å². The zero-order valence-corrected chi connectivity index (χ0v) is 17.1. The summed E-state index contributed by atoms with van der Waals surface area (Å²) in [5.41, 5.74) is 2.54. The lowest BCUT2D eigenvalue weighted by Crippen LogP contribution is -2.44. The maximum Gasteiger partial charge on any atom is 0.191 e. The van der Waals surface area contributed by atoms with E-state index in [0.29, 0.717) is 13.2 Å². The molecule has 2 rings (SSSR count). The van der Waals surface area contributed by atoms with Gasteiger partial charge in [0.15, 0.2) is 5.96 Å². The maximum atomic E-state index is 9.39. The van der Waals surface area contributed by atoms with Crippen molar-refractivity contribution in [3.05, 3.63) is 35.4 Å². The van der Waals surface area contributed by atoms with E-state index < -0.39 is 0 Å². The van der Waals surface area contributed by atoms with E-state index in [1.54, 1.807) is 0 Å². The third kappa shape index (κ3) is 7.13. The van der Waals surface area contributed by atoms with Gasteiger partial charge in [0.05, 0.1) is 13.2 Å². The van der Waals surface area contributed by atoms with Crippen molar-refractivity contribution in [2.45, 2.75) is 39.8 Å². The van der Waals surface area contributed by atoms with Gasteiger partial charge < -0.3 is 25.4 Å². The molecular formula is C21H36N4O2. The van der Waals surface area contributed by atoms with Crippen LogP contribution in [0.3, 0.4) is 0 Å². The number of nitrogens with one attached hydrogen (secondary N) is 2. The SMILES string of the molecule is CCNC(=NCc1cccc(CN(C)CC)c1)NCC1(CCO)CCOC1. The largest absolute Gasteiger partial charge is 0.396 e. The highest BCUT2D eigenvalue weighted by Gasteiger charge is 2.34. The lowest BCUT2D eigenvalue weighted by molar-refractivity contribution is 0.127. The highest BCUT2D eigenvalue weighted by molar-refractivity contribution is 5.79. The molecule has 1 heterocycles. The Balaban J connectivity index is 1.97. The zero-order chi connectivity index (χ0) is 19.5. The summed E-state index contributed by atoms with van der Waals surface area (Å²) in [5.74, 6) is 0.817. The van der Waals surface area contributed by atoms with Crippen LogP contribution in [0.25, 0.3) is 0 Å². The van der Waals surface area contributed by atoms with Gasteiger partial charge in [-0.25, -0.2) is 4.99 Å². The molecule has 3 N–H and O–H groups in total. The fourth-order valence-corrected chi connectivity index (χ4v) is 3.34. The number of aliphatic imine (C=N–C) groups is 1. The van der Waals surface area contributed by atoms with Gasteiger partial charge in [0, 0.05) is 38.3 Å². The number of guanidine groups is 1. The van der Waals surface area contributed by atoms with E-state index in [1.807, 2.05) is 0 Å². The Kier molecular flexibility index (Phi) is 9.04. The molecule has 1 saturated heterocycles. The van der Waals surface area contributed by atoms with E-state index in [4.69, 9.17) is 9.73 Å². The monoisotopic (exact) mass is 376 g/mol. The van der Waals surface area contributed by atoms with Crippen LogP contribution < -0.4 is 10.6 Å². The molecule has 6 nitrogen and oxygen atoms in total. The molecular weight excluding hydrogens is 340 g/mol. The molecule has 1 aliphatic rings. The molecule has 27 heavy (non-hydrogen) atoms. The predicted octanol–water partition coefficient (Wildman–Crippen LogP) is 1.98. The lowest BCUT2D eigenvalue weighted by atomic mass is 9.84. The van der Waals surface area contributed by atoms with Crippen LogP contribution in [0.5, 0.6) is 0 Å². The molecule has 0 amide bonds. The van der Waals surface area contributed by atoms with Crippen molar-refractivity contribution in [3.63, 3.8) is 0 Å². The van der Waals surface area contributed by atoms with Gasteiger partial charge in [0.1, 0.15) is 0 Å². The van der Waals surface area contributed by atoms with Crippen LogP contribution >= 0.6 is 0 Å². The zero-order valence-electron chi connectivity index (χ0n) is 17.1. The molecule has 1 aliphatic heterocycles. The van der Waals surface area contributed by atoms with Crippen LogP contribution in [0.2, 0.25) is 0 Å². The molecule has 152 valence electrons. The summed E-state index contributed by atoms with van der Waals surface area (Å²) in [7, 11) is 2.13. The standard InChI is InChI=1S/C21H36N4O2/c1-4-22-20(24-16-21(9-11-26)10-12-27-17-21)23-14-18-7-6-8-19(13-18)15-25(3)5-2/h6-8,13,26H,4-5,9-12,14-17H2,1-3H3,(H2,22,23,24). The fraction of sp³-hybridized carbons (Fsp3) is 0.667. The van der Waals surface area contributed by atoms with Crippen LogP contribution in [0.4, 0.5) is 0 Å². The molecule has 6 heteroatoms. The fourth-order valence-electron chi connectivity index (χ4n) is 3.34. The Labute approximate surface area is 164 Å². The van der Waals surface area contributed by atoms with Gasteiger partial charge in [0.2, 0.25) is 0 Å². The first-order valence-electron chi connectivity index (χ1n) is 10.1. The van der Waals surface area contributed by atoms with Crippen molar-refractivity contribution in [2.24, 2.45) is 10.4 Å². The lowest BCUT2D eigenvalue weighted by Gasteiger charge is -2.27. The predicted molar refractivity (Wildman–Crippen MR) is 111 cm³/mol. The molecule has 1 unspecified atom stereocenters. The molecule has 0 spiro atoms. The number of rotatable bonds is 10. The van der Waals surface area contributed by atoms with Gasteiger partial charge in [-0.3, -0.25) is 0 Å². The quantitative estimate of drug-likeness (QED) is 0.430. The van der Waals surface area contributed by atoms with E-state index >= 15 is 0 Å². The minimum Gasteiger partial charge on any atom is -0.396 e. The van der Waals surface area contributed by atoms with Gasteiger partial charge in [-0.1, -0.05) is 31.2 Å². The summed E-state index contributed by atoms with van der Waals surface area (Å²) in [6.45, 7) is 10.1. The number of aliphatic hydroxyl groups is 1. The Morgan fingerprint density at radius 1 is 1.30 bits per heavy atom. The van der Waals surface area contributed by atoms with E-state index in [-0.39, 0.29) is 12.0 Å². The van der Waals surface area contributed by atoms with Crippen molar-refractivity contribution in [3.8, 4) is 0 Å². The van der Waals surface area contributed by atoms with Crippen molar-refractivity contribution < 1.29 is 9.84 Å². The van der Waals surface area contributed by atoms with Crippen LogP contribution in [-0.4, -0.2) is 62.5 Å². The summed E-state index contributed by atoms with van der Waals surface area (Å²) in [6, 6.07) is 8.63. The second-order valence-electron chi connectivity index (χ2n) is 7.48. The topological polar surface area (TPSA) is 69.1 Å². The second kappa shape index (κ2) is 11.3. The first kappa shape index (κ1) is 21.7. The van der Waals surface area contributed by atoms with Crippen molar-refractivity contribution in [2.75, 3.05) is 46.5 Å². The molecule has 1 aromatic rings. The van der Waals surface area contributed by atoms with E-state index in [2.05, 4.69) is 60.7 Å². The summed E-state index contributed by atoms with van der Waals surface area (Å²) >= 11 is 0. The summed E-state index contributed by atoms with van der Waals surface area (Å²) in [4.78, 5) is 7.04. The van der Waals surface area contributed by atoms with E-state index in [9.17, 15) is 5.11 Å². The Morgan fingerprint density at radius 2 is 2.11 bits per heavy atom. The Bertz CT molecular complexity index is 585. The second-order valence-corrected chi connectivity index (χ2v) is 7.48. The Hall–Kier alpha value is -1.63. The number of benzene rings is 1. The molecule has 0 bridgehead atoms. The molecule has 0 aromatic heterocycles. The van der Waals surface area contributed by atoms with Gasteiger partial charge in [-0.05, 0) is 44.5 Å². The van der Waals surface area contributed by atoms with Crippen LogP contribution in [0.15, 0.2) is 29.3 Å². The minimum absolute atomic E-state index is 0.00952. The number of hydrogen-bond donors (Lipinski definition) is 3. The van der Waals surface area contributed by atoms with Gasteiger partial charge in [0.25, 0.3) is 0 Å². The number of nitrogens with zero attached hydrogens (tertiary/aromatic N) is 2. The van der Waals surface area contributed by atoms with Gasteiger partial charge in [-0.15, -0.1) is 0 Å². The average Bonchev–Trinajstić information content (AvgIpc) is 3.13. The number of hydrogen-bond acceptors (Lipinski definition) is 4. The molecule has 0 radical (unpaired) electrons. The minimum atomic E-state index is 0.00952. The first-order chi connectivity index (χ1) is 13.1. The third-order valence-corrected chi connectivity index (χ3v) is 5.21. The number of aliphatic hydroxyl groups excluding tert-OH is 1. The van der Waals surface area contributed by atoms with Crippen LogP contribution in [0, 0.1) is 5.41 Å². The molecule has 1 fully saturated rings. The summed E-state index contributed by atoms with van der Waals surface area (Å²) in [5, 5.41) is 16.2. The molecule has 1 aromatic carbocycles. The van der Waals surface area contributed by atoms with Gasteiger partial charge >= 0.3 is 0 Å². The van der Waals surface area contributed by atoms with Gasteiger partial charge in [-0.2, -0.15) is 0 Å². The summed E-state index contributed by atoms with van der Waals surface area (Å²) in [6.07, 6.45) is 1.74. The van der Waals surface area contributed by atoms with Crippen molar-refractivity contribution >= 4 is 5.96 Å². The highest BCUT2D eigenvalue weighted by atomic mass is 16.5. The summed E-state index contributed by atoms with van der Waals surface area (Å²) < 4.78 is 5.57. The smallest absolute Gasteiger partial charge is 0.191 e. The van der Waals surface area contributed by atoms with Crippen molar-refractivity contribution in [1.82, 2.24) is 15.5 Å². The maximum absolute atomic E-state index is 9.39. The molecule has 0 saturated carbocycles. The first-order valence-corrected chi connectivity index (χ1v) is 10.1. The van der Waals surface area contributed by atoms with Crippen LogP contribution in [-0.2, 0) is 17.8 Å². The average molecular weight is 377 g/mol. The van der Waals surface area contributed by atoms with Crippen molar-refractivity contribution in [1.29, 1.82) is 0 Å². The highest BCUT2D eigenvalue weighted by Crippen LogP contribution is 2.31. The Morgan fingerprint density at radius 3 is 2.78 bits per heavy atom. The van der Waals surface area contributed by atoms with Crippen LogP contribution in [0.1, 0.15) is 37.8 Å². The van der Waals surface area contributed by atoms with E-state index in [1.165, 1.54) is 11.1 Å². The normalized spacial score (nSPS) is 20.3. The third-order valence-electron chi connectivity index (χ3n) is 5.21.